The van der Waals surface area contributed by atoms with E-state index in [1.165, 1.54) is 0 Å². The zero-order chi connectivity index (χ0) is 19.7. The predicted molar refractivity (Wildman–Crippen MR) is 119 cm³/mol. The molecular formula is C23H16BrClN2O. The summed E-state index contributed by atoms with van der Waals surface area (Å²) >= 11 is 9.84. The molecule has 1 aliphatic heterocycles. The fourth-order valence-corrected chi connectivity index (χ4v) is 3.55. The molecule has 5 heteroatoms. The van der Waals surface area contributed by atoms with E-state index in [2.05, 4.69) is 20.9 Å². The van der Waals surface area contributed by atoms with Gasteiger partial charge in [-0.15, -0.1) is 0 Å². The van der Waals surface area contributed by atoms with E-state index in [0.29, 0.717) is 16.6 Å². The minimum Gasteiger partial charge on any atom is -0.266 e. The second-order valence-electron chi connectivity index (χ2n) is 6.48. The number of hydrogen-bond donors (Lipinski definition) is 0. The van der Waals surface area contributed by atoms with Gasteiger partial charge < -0.3 is 0 Å². The lowest BCUT2D eigenvalue weighted by Gasteiger charge is -2.19. The van der Waals surface area contributed by atoms with Gasteiger partial charge in [-0.3, -0.25) is 9.69 Å². The topological polar surface area (TPSA) is 32.7 Å². The van der Waals surface area contributed by atoms with Crippen LogP contribution in [0.25, 0.3) is 6.08 Å². The van der Waals surface area contributed by atoms with Crippen molar-refractivity contribution in [3.63, 3.8) is 0 Å². The second kappa shape index (κ2) is 7.74. The van der Waals surface area contributed by atoms with Crippen LogP contribution in [0.2, 0.25) is 5.02 Å². The van der Waals surface area contributed by atoms with Crippen LogP contribution in [0.4, 0.5) is 5.69 Å². The Bertz CT molecular complexity index is 1120. The Balaban J connectivity index is 1.85. The first-order chi connectivity index (χ1) is 13.5. The number of rotatable bonds is 3. The lowest BCUT2D eigenvalue weighted by Crippen LogP contribution is -2.32. The molecule has 28 heavy (non-hydrogen) atoms. The smallest absolute Gasteiger partial charge is 0.266 e. The van der Waals surface area contributed by atoms with Crippen LogP contribution in [0, 0.1) is 6.92 Å². The Kier molecular flexibility index (Phi) is 5.16. The van der Waals surface area contributed by atoms with Gasteiger partial charge in [0.15, 0.2) is 0 Å². The maximum absolute atomic E-state index is 13.3. The average molecular weight is 452 g/mol. The summed E-state index contributed by atoms with van der Waals surface area (Å²) in [5.41, 5.74) is 3.83. The third kappa shape index (κ3) is 3.66. The van der Waals surface area contributed by atoms with Gasteiger partial charge in [-0.25, -0.2) is 4.99 Å². The van der Waals surface area contributed by atoms with Crippen molar-refractivity contribution in [2.45, 2.75) is 6.92 Å². The number of aryl methyl sites for hydroxylation is 1. The molecule has 0 spiro atoms. The summed E-state index contributed by atoms with van der Waals surface area (Å²) in [6, 6.07) is 23.0. The predicted octanol–water partition coefficient (Wildman–Crippen LogP) is 6.25. The van der Waals surface area contributed by atoms with E-state index < -0.39 is 0 Å². The molecule has 1 aliphatic rings. The van der Waals surface area contributed by atoms with Crippen LogP contribution >= 0.6 is 27.5 Å². The number of amidine groups is 1. The van der Waals surface area contributed by atoms with Gasteiger partial charge in [-0.1, -0.05) is 63.9 Å². The third-order valence-electron chi connectivity index (χ3n) is 4.41. The van der Waals surface area contributed by atoms with Crippen LogP contribution in [0.15, 0.2) is 88.0 Å². The van der Waals surface area contributed by atoms with Crippen molar-refractivity contribution >= 4 is 51.0 Å². The van der Waals surface area contributed by atoms with Crippen molar-refractivity contribution in [1.82, 2.24) is 0 Å². The Morgan fingerprint density at radius 2 is 1.75 bits per heavy atom. The molecule has 0 fully saturated rings. The van der Waals surface area contributed by atoms with Crippen LogP contribution in [-0.2, 0) is 4.79 Å². The van der Waals surface area contributed by atoms with Gasteiger partial charge in [-0.2, -0.15) is 0 Å². The lowest BCUT2D eigenvalue weighted by atomic mass is 10.1. The van der Waals surface area contributed by atoms with E-state index in [4.69, 9.17) is 11.6 Å². The molecular weight excluding hydrogens is 436 g/mol. The molecule has 3 aromatic carbocycles. The summed E-state index contributed by atoms with van der Waals surface area (Å²) in [7, 11) is 0. The number of amides is 1. The second-order valence-corrected chi connectivity index (χ2v) is 7.80. The SMILES string of the molecule is Cc1cccc(N2C(=O)/C(=C\c3ccc(Br)cc3)N=C2c2ccccc2Cl)c1. The summed E-state index contributed by atoms with van der Waals surface area (Å²) in [6.45, 7) is 1.99. The highest BCUT2D eigenvalue weighted by molar-refractivity contribution is 9.10. The summed E-state index contributed by atoms with van der Waals surface area (Å²) in [4.78, 5) is 19.6. The fourth-order valence-electron chi connectivity index (χ4n) is 3.06. The molecule has 1 amide bonds. The molecule has 3 nitrogen and oxygen atoms in total. The Hall–Kier alpha value is -2.69. The van der Waals surface area contributed by atoms with Crippen LogP contribution in [0.5, 0.6) is 0 Å². The van der Waals surface area contributed by atoms with Crippen LogP contribution in [0.1, 0.15) is 16.7 Å². The highest BCUT2D eigenvalue weighted by Gasteiger charge is 2.33. The average Bonchev–Trinajstić information content (AvgIpc) is 3.00. The van der Waals surface area contributed by atoms with Gasteiger partial charge in [0.25, 0.3) is 5.91 Å². The van der Waals surface area contributed by atoms with E-state index in [1.807, 2.05) is 73.7 Å². The fraction of sp³-hybridized carbons (Fsp3) is 0.0435. The molecule has 138 valence electrons. The zero-order valence-electron chi connectivity index (χ0n) is 15.1. The first kappa shape index (κ1) is 18.7. The monoisotopic (exact) mass is 450 g/mol. The van der Waals surface area contributed by atoms with Gasteiger partial charge in [-0.05, 0) is 60.5 Å². The molecule has 0 radical (unpaired) electrons. The molecule has 0 bridgehead atoms. The quantitative estimate of drug-likeness (QED) is 0.433. The number of carbonyl (C=O) groups is 1. The van der Waals surface area contributed by atoms with Crippen LogP contribution in [-0.4, -0.2) is 11.7 Å². The molecule has 0 saturated carbocycles. The van der Waals surface area contributed by atoms with E-state index in [9.17, 15) is 4.79 Å². The van der Waals surface area contributed by atoms with Crippen molar-refractivity contribution in [2.24, 2.45) is 4.99 Å². The van der Waals surface area contributed by atoms with Gasteiger partial charge in [0.05, 0.1) is 10.7 Å². The number of hydrogen-bond acceptors (Lipinski definition) is 2. The number of aliphatic imine (C=N–C) groups is 1. The van der Waals surface area contributed by atoms with E-state index >= 15 is 0 Å². The molecule has 0 unspecified atom stereocenters. The maximum Gasteiger partial charge on any atom is 0.282 e. The first-order valence-electron chi connectivity index (χ1n) is 8.75. The van der Waals surface area contributed by atoms with Crippen molar-refractivity contribution in [3.8, 4) is 0 Å². The number of nitrogens with zero attached hydrogens (tertiary/aromatic N) is 2. The highest BCUT2D eigenvalue weighted by atomic mass is 79.9. The van der Waals surface area contributed by atoms with E-state index in [-0.39, 0.29) is 5.91 Å². The van der Waals surface area contributed by atoms with Crippen molar-refractivity contribution in [2.75, 3.05) is 4.90 Å². The van der Waals surface area contributed by atoms with Crippen LogP contribution < -0.4 is 4.90 Å². The molecule has 0 saturated heterocycles. The third-order valence-corrected chi connectivity index (χ3v) is 5.27. The van der Waals surface area contributed by atoms with E-state index in [0.717, 1.165) is 26.9 Å². The Morgan fingerprint density at radius 3 is 2.46 bits per heavy atom. The first-order valence-corrected chi connectivity index (χ1v) is 9.92. The summed E-state index contributed by atoms with van der Waals surface area (Å²) in [6.07, 6.45) is 1.79. The molecule has 1 heterocycles. The largest absolute Gasteiger partial charge is 0.282 e. The minimum absolute atomic E-state index is 0.177. The molecule has 0 atom stereocenters. The number of halogens is 2. The summed E-state index contributed by atoms with van der Waals surface area (Å²) < 4.78 is 0.981. The molecule has 4 rings (SSSR count). The Morgan fingerprint density at radius 1 is 1.00 bits per heavy atom. The number of carbonyl (C=O) groups excluding carboxylic acids is 1. The number of anilines is 1. The van der Waals surface area contributed by atoms with Gasteiger partial charge in [0.1, 0.15) is 11.5 Å². The molecule has 0 N–H and O–H groups in total. The number of benzene rings is 3. The highest BCUT2D eigenvalue weighted by Crippen LogP contribution is 2.30. The maximum atomic E-state index is 13.3. The van der Waals surface area contributed by atoms with Crippen molar-refractivity contribution in [1.29, 1.82) is 0 Å². The zero-order valence-corrected chi connectivity index (χ0v) is 17.4. The van der Waals surface area contributed by atoms with Crippen LogP contribution in [0.3, 0.4) is 0 Å². The van der Waals surface area contributed by atoms with Gasteiger partial charge >= 0.3 is 0 Å². The van der Waals surface area contributed by atoms with E-state index in [1.54, 1.807) is 17.0 Å². The summed E-state index contributed by atoms with van der Waals surface area (Å²) in [5, 5.41) is 0.552. The van der Waals surface area contributed by atoms with Gasteiger partial charge in [0.2, 0.25) is 0 Å². The molecule has 0 aliphatic carbocycles. The minimum atomic E-state index is -0.177. The summed E-state index contributed by atoms with van der Waals surface area (Å²) in [5.74, 6) is 0.355. The molecule has 0 aromatic heterocycles. The van der Waals surface area contributed by atoms with Gasteiger partial charge in [0, 0.05) is 10.0 Å². The lowest BCUT2D eigenvalue weighted by molar-refractivity contribution is -0.113. The molecule has 3 aromatic rings. The standard InChI is InChI=1S/C23H16BrClN2O/c1-15-5-4-6-18(13-15)27-22(19-7-2-3-8-20(19)25)26-21(23(27)28)14-16-9-11-17(24)12-10-16/h2-14H,1H3/b21-14+. The van der Waals surface area contributed by atoms with Crippen molar-refractivity contribution in [3.05, 3.63) is 105 Å². The Labute approximate surface area is 177 Å². The normalized spacial score (nSPS) is 15.2. The van der Waals surface area contributed by atoms with Crippen molar-refractivity contribution < 1.29 is 4.79 Å².